The Kier molecular flexibility index (Phi) is 4.39. The molecule has 3 aromatic rings. The highest BCUT2D eigenvalue weighted by molar-refractivity contribution is 5.74. The second-order valence-corrected chi connectivity index (χ2v) is 6.65. The number of nitrogens with two attached hydrogens (primary N) is 1. The van der Waals surface area contributed by atoms with E-state index in [4.69, 9.17) is 5.73 Å². The molecule has 1 fully saturated rings. The first-order chi connectivity index (χ1) is 12.6. The zero-order valence-corrected chi connectivity index (χ0v) is 14.6. The van der Waals surface area contributed by atoms with Gasteiger partial charge in [0.25, 0.3) is 0 Å². The summed E-state index contributed by atoms with van der Waals surface area (Å²) in [7, 11) is 1.88. The standard InChI is InChI=1S/C17H22N8O/c1-24-17-12(7-23-24)2-11(6-20-17)5-19-8-13-3-14(26)9-25(13)16-4-15(18)21-10-22-16/h2,4,6-7,10,13-14,19,26H,3,5,8-9H2,1H3,(H2,18,21,22)/t13-,14-/m1/s1. The number of hydrogen-bond donors (Lipinski definition) is 3. The van der Waals surface area contributed by atoms with Gasteiger partial charge in [-0.2, -0.15) is 5.10 Å². The van der Waals surface area contributed by atoms with Crippen LogP contribution in [-0.2, 0) is 13.6 Å². The van der Waals surface area contributed by atoms with E-state index in [1.165, 1.54) is 6.33 Å². The molecule has 136 valence electrons. The molecule has 0 unspecified atom stereocenters. The predicted octanol–water partition coefficient (Wildman–Crippen LogP) is 0.0699. The van der Waals surface area contributed by atoms with Gasteiger partial charge in [-0.3, -0.25) is 4.68 Å². The molecule has 9 nitrogen and oxygen atoms in total. The van der Waals surface area contributed by atoms with E-state index in [0.717, 1.165) is 29.0 Å². The van der Waals surface area contributed by atoms with Crippen molar-refractivity contribution in [2.75, 3.05) is 23.7 Å². The summed E-state index contributed by atoms with van der Waals surface area (Å²) in [5.41, 5.74) is 7.73. The van der Waals surface area contributed by atoms with Crippen LogP contribution in [0.4, 0.5) is 11.6 Å². The zero-order chi connectivity index (χ0) is 18.1. The van der Waals surface area contributed by atoms with E-state index < -0.39 is 0 Å². The van der Waals surface area contributed by atoms with Crippen molar-refractivity contribution in [3.05, 3.63) is 36.4 Å². The Morgan fingerprint density at radius 3 is 3.00 bits per heavy atom. The summed E-state index contributed by atoms with van der Waals surface area (Å²) in [6.45, 7) is 1.97. The van der Waals surface area contributed by atoms with Crippen LogP contribution in [0.2, 0.25) is 0 Å². The molecule has 0 amide bonds. The summed E-state index contributed by atoms with van der Waals surface area (Å²) in [5.74, 6) is 1.18. The number of β-amino-alcohol motifs (C(OH)–C–C–N with tert-alkyl or cyclic N) is 1. The molecule has 0 spiro atoms. The summed E-state index contributed by atoms with van der Waals surface area (Å²) in [6.07, 6.45) is 5.46. The summed E-state index contributed by atoms with van der Waals surface area (Å²) in [5, 5.41) is 18.8. The highest BCUT2D eigenvalue weighted by Crippen LogP contribution is 2.24. The van der Waals surface area contributed by atoms with Crippen LogP contribution in [-0.4, -0.2) is 55.1 Å². The molecular formula is C17H22N8O. The van der Waals surface area contributed by atoms with Gasteiger partial charge in [-0.25, -0.2) is 15.0 Å². The number of fused-ring (bicyclic) bond motifs is 1. The first-order valence-corrected chi connectivity index (χ1v) is 8.60. The Bertz CT molecular complexity index is 911. The Labute approximate surface area is 150 Å². The van der Waals surface area contributed by atoms with E-state index in [9.17, 15) is 5.11 Å². The van der Waals surface area contributed by atoms with Gasteiger partial charge in [0.15, 0.2) is 5.65 Å². The van der Waals surface area contributed by atoms with Gasteiger partial charge < -0.3 is 21.1 Å². The van der Waals surface area contributed by atoms with E-state index in [1.807, 2.05) is 19.4 Å². The Balaban J connectivity index is 1.40. The highest BCUT2D eigenvalue weighted by Gasteiger charge is 2.31. The molecular weight excluding hydrogens is 332 g/mol. The molecule has 26 heavy (non-hydrogen) atoms. The Hall–Kier alpha value is -2.78. The number of aryl methyl sites for hydroxylation is 1. The number of pyridine rings is 1. The largest absolute Gasteiger partial charge is 0.391 e. The van der Waals surface area contributed by atoms with Gasteiger partial charge in [-0.1, -0.05) is 0 Å². The number of rotatable bonds is 5. The van der Waals surface area contributed by atoms with Crippen LogP contribution in [0.5, 0.6) is 0 Å². The fourth-order valence-electron chi connectivity index (χ4n) is 3.45. The average Bonchev–Trinajstić information content (AvgIpc) is 3.18. The Morgan fingerprint density at radius 1 is 1.27 bits per heavy atom. The number of nitrogens with one attached hydrogen (secondary N) is 1. The van der Waals surface area contributed by atoms with Crippen molar-refractivity contribution in [3.8, 4) is 0 Å². The third-order valence-corrected chi connectivity index (χ3v) is 4.70. The van der Waals surface area contributed by atoms with Gasteiger partial charge in [0.05, 0.1) is 12.3 Å². The van der Waals surface area contributed by atoms with E-state index in [1.54, 1.807) is 10.7 Å². The van der Waals surface area contributed by atoms with Crippen LogP contribution in [0.15, 0.2) is 30.9 Å². The minimum Gasteiger partial charge on any atom is -0.391 e. The van der Waals surface area contributed by atoms with Crippen molar-refractivity contribution >= 4 is 22.7 Å². The monoisotopic (exact) mass is 354 g/mol. The molecule has 9 heteroatoms. The molecule has 0 bridgehead atoms. The molecule has 3 aromatic heterocycles. The lowest BCUT2D eigenvalue weighted by Crippen LogP contribution is -2.38. The maximum atomic E-state index is 10.1. The summed E-state index contributed by atoms with van der Waals surface area (Å²) in [4.78, 5) is 14.8. The quantitative estimate of drug-likeness (QED) is 0.589. The number of hydrogen-bond acceptors (Lipinski definition) is 8. The predicted molar refractivity (Wildman–Crippen MR) is 98.4 cm³/mol. The maximum Gasteiger partial charge on any atom is 0.157 e. The minimum absolute atomic E-state index is 0.148. The van der Waals surface area contributed by atoms with Gasteiger partial charge in [-0.05, 0) is 18.1 Å². The normalized spacial score (nSPS) is 20.2. The van der Waals surface area contributed by atoms with Gasteiger partial charge in [0, 0.05) is 50.4 Å². The van der Waals surface area contributed by atoms with Gasteiger partial charge in [-0.15, -0.1) is 0 Å². The van der Waals surface area contributed by atoms with Crippen molar-refractivity contribution in [1.29, 1.82) is 0 Å². The lowest BCUT2D eigenvalue weighted by atomic mass is 10.2. The molecule has 0 aliphatic carbocycles. The number of anilines is 2. The summed E-state index contributed by atoms with van der Waals surface area (Å²) < 4.78 is 1.76. The number of aliphatic hydroxyl groups excluding tert-OH is 1. The molecule has 2 atom stereocenters. The van der Waals surface area contributed by atoms with Gasteiger partial charge in [0.1, 0.15) is 18.0 Å². The first kappa shape index (κ1) is 16.7. The van der Waals surface area contributed by atoms with E-state index in [2.05, 4.69) is 36.3 Å². The minimum atomic E-state index is -0.369. The summed E-state index contributed by atoms with van der Waals surface area (Å²) >= 11 is 0. The van der Waals surface area contributed by atoms with E-state index in [0.29, 0.717) is 25.3 Å². The molecule has 4 heterocycles. The van der Waals surface area contributed by atoms with Crippen LogP contribution in [0.25, 0.3) is 11.0 Å². The van der Waals surface area contributed by atoms with Crippen molar-refractivity contribution < 1.29 is 5.11 Å². The second kappa shape index (κ2) is 6.85. The molecule has 4 rings (SSSR count). The second-order valence-electron chi connectivity index (χ2n) is 6.65. The van der Waals surface area contributed by atoms with Crippen LogP contribution < -0.4 is 16.0 Å². The topological polar surface area (TPSA) is 118 Å². The number of aromatic nitrogens is 5. The molecule has 1 aliphatic rings. The highest BCUT2D eigenvalue weighted by atomic mass is 16.3. The fraction of sp³-hybridized carbons (Fsp3) is 0.412. The van der Waals surface area contributed by atoms with Crippen molar-refractivity contribution in [2.24, 2.45) is 7.05 Å². The van der Waals surface area contributed by atoms with E-state index in [-0.39, 0.29) is 12.1 Å². The van der Waals surface area contributed by atoms with Crippen molar-refractivity contribution in [1.82, 2.24) is 30.0 Å². The van der Waals surface area contributed by atoms with Crippen LogP contribution in [0.3, 0.4) is 0 Å². The molecule has 4 N–H and O–H groups in total. The molecule has 1 saturated heterocycles. The first-order valence-electron chi connectivity index (χ1n) is 8.60. The smallest absolute Gasteiger partial charge is 0.157 e. The van der Waals surface area contributed by atoms with Crippen LogP contribution in [0.1, 0.15) is 12.0 Å². The van der Waals surface area contributed by atoms with E-state index >= 15 is 0 Å². The number of nitrogens with zero attached hydrogens (tertiary/aromatic N) is 6. The van der Waals surface area contributed by atoms with Crippen LogP contribution in [0, 0.1) is 0 Å². The molecule has 0 saturated carbocycles. The molecule has 1 aliphatic heterocycles. The summed E-state index contributed by atoms with van der Waals surface area (Å²) in [6, 6.07) is 3.98. The fourth-order valence-corrected chi connectivity index (χ4v) is 3.45. The molecule has 0 radical (unpaired) electrons. The lowest BCUT2D eigenvalue weighted by molar-refractivity contribution is 0.194. The van der Waals surface area contributed by atoms with Crippen LogP contribution >= 0.6 is 0 Å². The third kappa shape index (κ3) is 3.31. The number of aliphatic hydroxyl groups is 1. The zero-order valence-electron chi connectivity index (χ0n) is 14.6. The van der Waals surface area contributed by atoms with Gasteiger partial charge in [0.2, 0.25) is 0 Å². The number of nitrogen functional groups attached to an aromatic ring is 1. The molecule has 0 aromatic carbocycles. The maximum absolute atomic E-state index is 10.1. The Morgan fingerprint density at radius 2 is 2.15 bits per heavy atom. The SMILES string of the molecule is Cn1ncc2cc(CNC[C@H]3C[C@@H](O)CN3c3cc(N)ncn3)cnc21. The van der Waals surface area contributed by atoms with Crippen molar-refractivity contribution in [3.63, 3.8) is 0 Å². The third-order valence-electron chi connectivity index (χ3n) is 4.70. The average molecular weight is 354 g/mol. The van der Waals surface area contributed by atoms with Crippen molar-refractivity contribution in [2.45, 2.75) is 25.1 Å². The lowest BCUT2D eigenvalue weighted by Gasteiger charge is -2.25. The van der Waals surface area contributed by atoms with Gasteiger partial charge >= 0.3 is 0 Å².